The normalized spacial score (nSPS) is 11.1. The number of hydrogen-bond donors (Lipinski definition) is 0. The summed E-state index contributed by atoms with van der Waals surface area (Å²) in [7, 11) is 1.82. The minimum atomic E-state index is 0.103. The lowest BCUT2D eigenvalue weighted by Crippen LogP contribution is -2.27. The van der Waals surface area contributed by atoms with E-state index in [1.54, 1.807) is 28.0 Å². The van der Waals surface area contributed by atoms with Crippen LogP contribution in [0.15, 0.2) is 28.8 Å². The van der Waals surface area contributed by atoms with Crippen LogP contribution in [-0.2, 0) is 17.1 Å². The topological polar surface area (TPSA) is 59.2 Å². The SMILES string of the molecule is Cc1noc(C)c1CSCC(=O)N(C)Cc1nc2ccccc2s1. The quantitative estimate of drug-likeness (QED) is 0.668. The summed E-state index contributed by atoms with van der Waals surface area (Å²) >= 11 is 3.22. The lowest BCUT2D eigenvalue weighted by atomic mass is 10.2. The first-order chi connectivity index (χ1) is 11.5. The number of thioether (sulfide) groups is 1. The van der Waals surface area contributed by atoms with Crippen molar-refractivity contribution in [2.45, 2.75) is 26.1 Å². The van der Waals surface area contributed by atoms with Gasteiger partial charge in [0.05, 0.1) is 28.2 Å². The monoisotopic (exact) mass is 361 g/mol. The Morgan fingerprint density at radius 3 is 2.83 bits per heavy atom. The molecule has 1 aromatic carbocycles. The van der Waals surface area contributed by atoms with Crippen LogP contribution in [-0.4, -0.2) is 33.7 Å². The predicted octanol–water partition coefficient (Wildman–Crippen LogP) is 3.79. The Morgan fingerprint density at radius 1 is 1.33 bits per heavy atom. The molecule has 0 atom stereocenters. The number of aryl methyl sites for hydroxylation is 2. The van der Waals surface area contributed by atoms with Crippen molar-refractivity contribution in [2.24, 2.45) is 0 Å². The molecule has 7 heteroatoms. The molecule has 2 heterocycles. The molecule has 0 saturated carbocycles. The van der Waals surface area contributed by atoms with Gasteiger partial charge in [0.25, 0.3) is 0 Å². The largest absolute Gasteiger partial charge is 0.361 e. The smallest absolute Gasteiger partial charge is 0.232 e. The number of rotatable bonds is 6. The van der Waals surface area contributed by atoms with Crippen LogP contribution in [0.3, 0.4) is 0 Å². The summed E-state index contributed by atoms with van der Waals surface area (Å²) in [6, 6.07) is 8.03. The van der Waals surface area contributed by atoms with Crippen molar-refractivity contribution in [3.05, 3.63) is 46.3 Å². The molecule has 126 valence electrons. The number of nitrogens with zero attached hydrogens (tertiary/aromatic N) is 3. The Balaban J connectivity index is 1.53. The third-order valence-electron chi connectivity index (χ3n) is 3.79. The first-order valence-corrected chi connectivity index (χ1v) is 9.59. The number of carbonyl (C=O) groups excluding carboxylic acids is 1. The van der Waals surface area contributed by atoms with Crippen LogP contribution in [0, 0.1) is 13.8 Å². The van der Waals surface area contributed by atoms with E-state index in [2.05, 4.69) is 16.2 Å². The highest BCUT2D eigenvalue weighted by molar-refractivity contribution is 7.99. The van der Waals surface area contributed by atoms with E-state index in [-0.39, 0.29) is 5.91 Å². The highest BCUT2D eigenvalue weighted by Crippen LogP contribution is 2.23. The Morgan fingerprint density at radius 2 is 2.12 bits per heavy atom. The van der Waals surface area contributed by atoms with Gasteiger partial charge < -0.3 is 9.42 Å². The second-order valence-corrected chi connectivity index (χ2v) is 7.72. The molecule has 24 heavy (non-hydrogen) atoms. The average Bonchev–Trinajstić information content (AvgIpc) is 3.11. The van der Waals surface area contributed by atoms with Crippen LogP contribution in [0.1, 0.15) is 22.0 Å². The van der Waals surface area contributed by atoms with Crippen LogP contribution in [0.5, 0.6) is 0 Å². The van der Waals surface area contributed by atoms with E-state index in [0.717, 1.165) is 38.0 Å². The fraction of sp³-hybridized carbons (Fsp3) is 0.353. The van der Waals surface area contributed by atoms with Crippen LogP contribution < -0.4 is 0 Å². The van der Waals surface area contributed by atoms with Crippen molar-refractivity contribution in [3.63, 3.8) is 0 Å². The molecule has 0 fully saturated rings. The lowest BCUT2D eigenvalue weighted by molar-refractivity contribution is -0.127. The van der Waals surface area contributed by atoms with Gasteiger partial charge in [0.15, 0.2) is 0 Å². The van der Waals surface area contributed by atoms with Gasteiger partial charge in [0.2, 0.25) is 5.91 Å². The molecule has 3 aromatic rings. The van der Waals surface area contributed by atoms with E-state index >= 15 is 0 Å². The maximum absolute atomic E-state index is 12.3. The number of aromatic nitrogens is 2. The summed E-state index contributed by atoms with van der Waals surface area (Å²) in [6.45, 7) is 4.37. The lowest BCUT2D eigenvalue weighted by Gasteiger charge is -2.15. The van der Waals surface area contributed by atoms with Crippen molar-refractivity contribution in [3.8, 4) is 0 Å². The summed E-state index contributed by atoms with van der Waals surface area (Å²) in [5, 5.41) is 4.90. The van der Waals surface area contributed by atoms with Crippen molar-refractivity contribution >= 4 is 39.2 Å². The third-order valence-corrected chi connectivity index (χ3v) is 5.75. The van der Waals surface area contributed by atoms with E-state index in [1.807, 2.05) is 39.1 Å². The van der Waals surface area contributed by atoms with Crippen LogP contribution in [0.25, 0.3) is 10.2 Å². The van der Waals surface area contributed by atoms with E-state index in [9.17, 15) is 4.79 Å². The average molecular weight is 361 g/mol. The highest BCUT2D eigenvalue weighted by atomic mass is 32.2. The molecule has 1 amide bonds. The standard InChI is InChI=1S/C17H19N3O2S2/c1-11-13(12(2)22-19-11)9-23-10-17(21)20(3)8-16-18-14-6-4-5-7-15(14)24-16/h4-7H,8-10H2,1-3H3. The van der Waals surface area contributed by atoms with Crippen LogP contribution >= 0.6 is 23.1 Å². The molecule has 2 aromatic heterocycles. The van der Waals surface area contributed by atoms with Gasteiger partial charge in [-0.25, -0.2) is 4.98 Å². The zero-order valence-corrected chi connectivity index (χ0v) is 15.5. The summed E-state index contributed by atoms with van der Waals surface area (Å²) in [6.07, 6.45) is 0. The third kappa shape index (κ3) is 3.79. The zero-order valence-electron chi connectivity index (χ0n) is 13.9. The molecular weight excluding hydrogens is 342 g/mol. The number of hydrogen-bond acceptors (Lipinski definition) is 6. The van der Waals surface area contributed by atoms with Crippen molar-refractivity contribution in [1.82, 2.24) is 15.0 Å². The molecule has 5 nitrogen and oxygen atoms in total. The maximum atomic E-state index is 12.3. The van der Waals surface area contributed by atoms with Crippen molar-refractivity contribution in [2.75, 3.05) is 12.8 Å². The maximum Gasteiger partial charge on any atom is 0.232 e. The molecule has 0 aliphatic rings. The number of fused-ring (bicyclic) bond motifs is 1. The minimum Gasteiger partial charge on any atom is -0.361 e. The first kappa shape index (κ1) is 17.0. The van der Waals surface area contributed by atoms with Gasteiger partial charge in [0.1, 0.15) is 10.8 Å². The summed E-state index contributed by atoms with van der Waals surface area (Å²) in [5.41, 5.74) is 2.98. The van der Waals surface area contributed by atoms with Crippen molar-refractivity contribution < 1.29 is 9.32 Å². The van der Waals surface area contributed by atoms with Crippen LogP contribution in [0.4, 0.5) is 0 Å². The van der Waals surface area contributed by atoms with Gasteiger partial charge in [-0.3, -0.25) is 4.79 Å². The first-order valence-electron chi connectivity index (χ1n) is 7.62. The molecular formula is C17H19N3O2S2. The number of thiazole rings is 1. The van der Waals surface area contributed by atoms with E-state index in [4.69, 9.17) is 4.52 Å². The number of benzene rings is 1. The van der Waals surface area contributed by atoms with E-state index in [0.29, 0.717) is 12.3 Å². The molecule has 0 saturated heterocycles. The zero-order chi connectivity index (χ0) is 17.1. The highest BCUT2D eigenvalue weighted by Gasteiger charge is 2.14. The summed E-state index contributed by atoms with van der Waals surface area (Å²) in [4.78, 5) is 18.6. The van der Waals surface area contributed by atoms with Gasteiger partial charge in [0, 0.05) is 18.4 Å². The Hall–Kier alpha value is -1.86. The van der Waals surface area contributed by atoms with Crippen molar-refractivity contribution in [1.29, 1.82) is 0 Å². The molecule has 0 N–H and O–H groups in total. The Bertz CT molecular complexity index is 804. The molecule has 0 unspecified atom stereocenters. The molecule has 0 spiro atoms. The fourth-order valence-corrected chi connectivity index (χ4v) is 4.47. The Kier molecular flexibility index (Phi) is 5.20. The van der Waals surface area contributed by atoms with Crippen LogP contribution in [0.2, 0.25) is 0 Å². The molecule has 0 bridgehead atoms. The number of carbonyl (C=O) groups is 1. The summed E-state index contributed by atoms with van der Waals surface area (Å²) in [5.74, 6) is 2.11. The van der Waals surface area contributed by atoms with E-state index < -0.39 is 0 Å². The molecule has 0 aliphatic heterocycles. The number of amides is 1. The van der Waals surface area contributed by atoms with Gasteiger partial charge in [-0.2, -0.15) is 0 Å². The fourth-order valence-electron chi connectivity index (χ4n) is 2.34. The molecule has 0 aliphatic carbocycles. The van der Waals surface area contributed by atoms with Gasteiger partial charge in [-0.05, 0) is 26.0 Å². The van der Waals surface area contributed by atoms with Gasteiger partial charge in [-0.1, -0.05) is 17.3 Å². The predicted molar refractivity (Wildman–Crippen MR) is 98.2 cm³/mol. The minimum absolute atomic E-state index is 0.103. The number of para-hydroxylation sites is 1. The second kappa shape index (κ2) is 7.36. The van der Waals surface area contributed by atoms with Gasteiger partial charge in [-0.15, -0.1) is 23.1 Å². The van der Waals surface area contributed by atoms with Gasteiger partial charge >= 0.3 is 0 Å². The Labute approximate surface area is 149 Å². The molecule has 0 radical (unpaired) electrons. The second-order valence-electron chi connectivity index (χ2n) is 5.62. The van der Waals surface area contributed by atoms with E-state index in [1.165, 1.54) is 0 Å². The summed E-state index contributed by atoms with van der Waals surface area (Å²) < 4.78 is 6.30. The molecule has 3 rings (SSSR count).